The van der Waals surface area contributed by atoms with Crippen LogP contribution in [0.5, 0.6) is 11.5 Å². The van der Waals surface area contributed by atoms with Crippen LogP contribution in [0, 0.1) is 47.4 Å². The Morgan fingerprint density at radius 3 is 1.26 bits per heavy atom. The Bertz CT molecular complexity index is 1440. The highest BCUT2D eigenvalue weighted by atomic mass is 16.5. The molecule has 0 saturated carbocycles. The van der Waals surface area contributed by atoms with Crippen molar-refractivity contribution in [3.05, 3.63) is 95.1 Å². The summed E-state index contributed by atoms with van der Waals surface area (Å²) in [5.74, 6) is 23.2. The number of hydrogen-bond donors (Lipinski definition) is 0. The molecule has 3 aromatic carbocycles. The fraction of sp³-hybridized carbons (Fsp3) is 0.263. The molecule has 4 nitrogen and oxygen atoms in total. The third kappa shape index (κ3) is 11.5. The maximum atomic E-state index is 12.6. The maximum Gasteiger partial charge on any atom is 0.343 e. The van der Waals surface area contributed by atoms with Crippen LogP contribution in [0.25, 0.3) is 0 Å². The summed E-state index contributed by atoms with van der Waals surface area (Å²) < 4.78 is 10.9. The Kier molecular flexibility index (Phi) is 13.6. The molecular formula is C38H34O4. The summed E-state index contributed by atoms with van der Waals surface area (Å²) in [6, 6.07) is 19.9. The monoisotopic (exact) mass is 554 g/mol. The number of ether oxygens (including phenoxy) is 2. The van der Waals surface area contributed by atoms with Crippen LogP contribution in [0.3, 0.4) is 0 Å². The lowest BCUT2D eigenvalue weighted by Gasteiger charge is -2.06. The van der Waals surface area contributed by atoms with Gasteiger partial charge in [0.15, 0.2) is 0 Å². The van der Waals surface area contributed by atoms with Crippen LogP contribution in [0.2, 0.25) is 0 Å². The summed E-state index contributed by atoms with van der Waals surface area (Å²) in [6.07, 6.45) is 8.63. The van der Waals surface area contributed by atoms with Crippen LogP contribution in [0.1, 0.15) is 97.1 Å². The molecule has 3 rings (SSSR count). The van der Waals surface area contributed by atoms with Crippen molar-refractivity contribution in [2.75, 3.05) is 0 Å². The lowest BCUT2D eigenvalue weighted by atomic mass is 10.1. The highest BCUT2D eigenvalue weighted by Crippen LogP contribution is 2.17. The van der Waals surface area contributed by atoms with Gasteiger partial charge in [-0.1, -0.05) is 63.2 Å². The molecule has 42 heavy (non-hydrogen) atoms. The lowest BCUT2D eigenvalue weighted by molar-refractivity contribution is 0.0720. The molecule has 210 valence electrons. The predicted octanol–water partition coefficient (Wildman–Crippen LogP) is 8.00. The number of carbonyl (C=O) groups is 2. The minimum Gasteiger partial charge on any atom is -0.423 e. The first-order valence-corrected chi connectivity index (χ1v) is 14.3. The smallest absolute Gasteiger partial charge is 0.343 e. The van der Waals surface area contributed by atoms with Gasteiger partial charge in [0.25, 0.3) is 0 Å². The van der Waals surface area contributed by atoms with E-state index in [1.807, 2.05) is 0 Å². The van der Waals surface area contributed by atoms with Crippen LogP contribution in [0.15, 0.2) is 72.8 Å². The van der Waals surface area contributed by atoms with Gasteiger partial charge in [-0.2, -0.15) is 0 Å². The van der Waals surface area contributed by atoms with E-state index in [1.54, 1.807) is 48.5 Å². The van der Waals surface area contributed by atoms with E-state index in [-0.39, 0.29) is 0 Å². The number of esters is 2. The molecule has 0 bridgehead atoms. The average molecular weight is 555 g/mol. The minimum absolute atomic E-state index is 0.310. The second-order valence-corrected chi connectivity index (χ2v) is 9.42. The van der Waals surface area contributed by atoms with Crippen molar-refractivity contribution < 1.29 is 19.1 Å². The predicted molar refractivity (Wildman–Crippen MR) is 167 cm³/mol. The van der Waals surface area contributed by atoms with E-state index in [9.17, 15) is 9.59 Å². The molecule has 3 aromatic rings. The first-order chi connectivity index (χ1) is 20.6. The molecule has 0 aliphatic carbocycles. The standard InChI is InChI=1S/C38H34O4/c1-3-5-7-9-11-13-15-17-31-19-27-35(28-20-31)41-37(39)33-23-25-34(26-24-33)38(40)42-36-29-21-32(22-30-36)18-16-14-12-10-8-6-4-2/h19-30H,3-10H2,1-2H3. The molecule has 0 radical (unpaired) electrons. The van der Waals surface area contributed by atoms with Gasteiger partial charge in [-0.3, -0.25) is 0 Å². The van der Waals surface area contributed by atoms with Crippen molar-refractivity contribution in [1.82, 2.24) is 0 Å². The molecule has 0 amide bonds. The average Bonchev–Trinajstić information content (AvgIpc) is 3.02. The Hall–Kier alpha value is -5.16. The number of carbonyl (C=O) groups excluding carboxylic acids is 2. The fourth-order valence-electron chi connectivity index (χ4n) is 3.63. The van der Waals surface area contributed by atoms with Crippen molar-refractivity contribution in [3.63, 3.8) is 0 Å². The van der Waals surface area contributed by atoms with Crippen molar-refractivity contribution >= 4 is 11.9 Å². The molecule has 0 atom stereocenters. The zero-order valence-electron chi connectivity index (χ0n) is 24.2. The second kappa shape index (κ2) is 18.2. The van der Waals surface area contributed by atoms with Crippen molar-refractivity contribution in [2.24, 2.45) is 0 Å². The van der Waals surface area contributed by atoms with E-state index in [4.69, 9.17) is 9.47 Å². The highest BCUT2D eigenvalue weighted by molar-refractivity contribution is 5.94. The van der Waals surface area contributed by atoms with Gasteiger partial charge in [0.2, 0.25) is 0 Å². The minimum atomic E-state index is -0.533. The summed E-state index contributed by atoms with van der Waals surface area (Å²) in [7, 11) is 0. The maximum absolute atomic E-state index is 12.6. The van der Waals surface area contributed by atoms with E-state index in [0.29, 0.717) is 22.6 Å². The number of rotatable bonds is 10. The second-order valence-electron chi connectivity index (χ2n) is 9.42. The third-order valence-electron chi connectivity index (χ3n) is 6.01. The van der Waals surface area contributed by atoms with Crippen LogP contribution in [0.4, 0.5) is 0 Å². The zero-order chi connectivity index (χ0) is 29.8. The van der Waals surface area contributed by atoms with Crippen LogP contribution in [-0.2, 0) is 0 Å². The molecule has 0 saturated heterocycles. The van der Waals surface area contributed by atoms with Gasteiger partial charge < -0.3 is 9.47 Å². The number of hydrogen-bond acceptors (Lipinski definition) is 4. The highest BCUT2D eigenvalue weighted by Gasteiger charge is 2.12. The molecule has 0 aliphatic heterocycles. The fourth-order valence-corrected chi connectivity index (χ4v) is 3.63. The van der Waals surface area contributed by atoms with Gasteiger partial charge in [0.1, 0.15) is 11.5 Å². The van der Waals surface area contributed by atoms with Gasteiger partial charge in [-0.15, -0.1) is 0 Å². The summed E-state index contributed by atoms with van der Waals surface area (Å²) in [4.78, 5) is 25.1. The van der Waals surface area contributed by atoms with Crippen molar-refractivity contribution in [1.29, 1.82) is 0 Å². The summed E-state index contributed by atoms with van der Waals surface area (Å²) >= 11 is 0. The van der Waals surface area contributed by atoms with E-state index >= 15 is 0 Å². The quantitative estimate of drug-likeness (QED) is 0.110. The molecular weight excluding hydrogens is 520 g/mol. The molecule has 0 spiro atoms. The van der Waals surface area contributed by atoms with Crippen LogP contribution in [-0.4, -0.2) is 11.9 Å². The molecule has 0 unspecified atom stereocenters. The van der Waals surface area contributed by atoms with Gasteiger partial charge in [0, 0.05) is 24.0 Å². The Balaban J connectivity index is 1.48. The van der Waals surface area contributed by atoms with Gasteiger partial charge in [0.05, 0.1) is 11.1 Å². The molecule has 0 N–H and O–H groups in total. The molecule has 0 heterocycles. The van der Waals surface area contributed by atoms with Crippen molar-refractivity contribution in [3.8, 4) is 58.9 Å². The molecule has 0 aliphatic rings. The topological polar surface area (TPSA) is 52.6 Å². The largest absolute Gasteiger partial charge is 0.423 e. The first-order valence-electron chi connectivity index (χ1n) is 14.3. The lowest BCUT2D eigenvalue weighted by Crippen LogP contribution is -2.11. The molecule has 0 aromatic heterocycles. The SMILES string of the molecule is CCCCCC#CC#Cc1ccc(OC(=O)c2ccc(C(=O)Oc3ccc(C#CC#CCCCCC)cc3)cc2)cc1. The number of benzene rings is 3. The number of unbranched alkanes of at least 4 members (excludes halogenated alkanes) is 6. The molecule has 4 heteroatoms. The van der Waals surface area contributed by atoms with E-state index in [0.717, 1.165) is 36.8 Å². The summed E-state index contributed by atoms with van der Waals surface area (Å²) in [5.41, 5.74) is 2.19. The Morgan fingerprint density at radius 2 is 0.905 bits per heavy atom. The van der Waals surface area contributed by atoms with Gasteiger partial charge in [-0.25, -0.2) is 9.59 Å². The molecule has 0 fully saturated rings. The normalized spacial score (nSPS) is 9.38. The van der Waals surface area contributed by atoms with Crippen LogP contribution >= 0.6 is 0 Å². The Morgan fingerprint density at radius 1 is 0.524 bits per heavy atom. The first kappa shape index (κ1) is 31.4. The zero-order valence-corrected chi connectivity index (χ0v) is 24.2. The van der Waals surface area contributed by atoms with E-state index in [1.165, 1.54) is 49.9 Å². The summed E-state index contributed by atoms with van der Waals surface area (Å²) in [6.45, 7) is 4.32. The van der Waals surface area contributed by atoms with E-state index < -0.39 is 11.9 Å². The third-order valence-corrected chi connectivity index (χ3v) is 6.01. The van der Waals surface area contributed by atoms with Crippen molar-refractivity contribution in [2.45, 2.75) is 65.2 Å². The van der Waals surface area contributed by atoms with E-state index in [2.05, 4.69) is 61.2 Å². The van der Waals surface area contributed by atoms with Gasteiger partial charge >= 0.3 is 11.9 Å². The summed E-state index contributed by atoms with van der Waals surface area (Å²) in [5, 5.41) is 0. The Labute approximate surface area is 249 Å². The van der Waals surface area contributed by atoms with Gasteiger partial charge in [-0.05, 0) is 109 Å². The van der Waals surface area contributed by atoms with Crippen LogP contribution < -0.4 is 9.47 Å².